The van der Waals surface area contributed by atoms with Gasteiger partial charge < -0.3 is 14.8 Å². The summed E-state index contributed by atoms with van der Waals surface area (Å²) in [6.45, 7) is 2.70. The number of hydrogen-bond donors (Lipinski definition) is 1. The normalized spacial score (nSPS) is 14.2. The van der Waals surface area contributed by atoms with Crippen molar-refractivity contribution in [1.29, 1.82) is 0 Å². The van der Waals surface area contributed by atoms with Crippen LogP contribution in [0.3, 0.4) is 0 Å². The van der Waals surface area contributed by atoms with Crippen LogP contribution in [0.2, 0.25) is 0 Å². The Balaban J connectivity index is 2.70. The van der Waals surface area contributed by atoms with E-state index in [0.29, 0.717) is 0 Å². The number of benzene rings is 1. The van der Waals surface area contributed by atoms with Crippen molar-refractivity contribution in [3.8, 4) is 0 Å². The van der Waals surface area contributed by atoms with E-state index in [1.54, 1.807) is 0 Å². The number of nitrogens with one attached hydrogen (secondary N) is 1. The quantitative estimate of drug-likeness (QED) is 0.150. The third-order valence-corrected chi connectivity index (χ3v) is 3.38. The van der Waals surface area contributed by atoms with E-state index in [1.165, 1.54) is 19.9 Å². The Morgan fingerprint density at radius 3 is 2.31 bits per heavy atom. The zero-order chi connectivity index (χ0) is 19.4. The molecule has 0 saturated carbocycles. The summed E-state index contributed by atoms with van der Waals surface area (Å²) in [5.41, 5.74) is -1.55. The molecule has 136 valence electrons. The second-order valence-corrected chi connectivity index (χ2v) is 4.96. The van der Waals surface area contributed by atoms with Crippen molar-refractivity contribution in [3.63, 3.8) is 0 Å². The summed E-state index contributed by atoms with van der Waals surface area (Å²) in [4.78, 5) is 59.0. The number of nitro groups is 1. The number of ether oxygens (including phenoxy) is 2. The predicted octanol–water partition coefficient (Wildman–Crippen LogP) is 0.996. The lowest BCUT2D eigenvalue weighted by atomic mass is 9.97. The Morgan fingerprint density at radius 2 is 1.73 bits per heavy atom. The maximum Gasteiger partial charge on any atom is 0.379 e. The molecule has 1 amide bonds. The maximum absolute atomic E-state index is 12.4. The predicted molar refractivity (Wildman–Crippen MR) is 86.9 cm³/mol. The highest BCUT2D eigenvalue weighted by Gasteiger charge is 2.38. The summed E-state index contributed by atoms with van der Waals surface area (Å²) in [6.07, 6.45) is 0. The van der Waals surface area contributed by atoms with Crippen LogP contribution in [-0.4, -0.2) is 41.8 Å². The van der Waals surface area contributed by atoms with Crippen LogP contribution >= 0.6 is 0 Å². The lowest BCUT2D eigenvalue weighted by Gasteiger charge is -2.08. The molecule has 0 fully saturated rings. The molecule has 2 rings (SSSR count). The van der Waals surface area contributed by atoms with E-state index in [4.69, 9.17) is 4.74 Å². The third kappa shape index (κ3) is 3.43. The molecule has 0 saturated heterocycles. The van der Waals surface area contributed by atoms with Gasteiger partial charge in [0, 0.05) is 23.4 Å². The van der Waals surface area contributed by atoms with Crippen LogP contribution in [-0.2, 0) is 28.7 Å². The fourth-order valence-corrected chi connectivity index (χ4v) is 2.33. The molecule has 0 unspecified atom stereocenters. The van der Waals surface area contributed by atoms with Crippen LogP contribution in [0.1, 0.15) is 19.4 Å². The summed E-state index contributed by atoms with van der Waals surface area (Å²) in [5.74, 6) is -4.76. The van der Waals surface area contributed by atoms with Gasteiger partial charge in [-0.3, -0.25) is 19.7 Å². The zero-order valence-corrected chi connectivity index (χ0v) is 13.9. The summed E-state index contributed by atoms with van der Waals surface area (Å²) < 4.78 is 9.35. The third-order valence-electron chi connectivity index (χ3n) is 3.38. The summed E-state index contributed by atoms with van der Waals surface area (Å²) in [5, 5.41) is 13.4. The summed E-state index contributed by atoms with van der Waals surface area (Å²) >= 11 is 0. The van der Waals surface area contributed by atoms with Crippen molar-refractivity contribution < 1.29 is 33.6 Å². The fourth-order valence-electron chi connectivity index (χ4n) is 2.33. The molecule has 10 nitrogen and oxygen atoms in total. The largest absolute Gasteiger partial charge is 0.462 e. The summed E-state index contributed by atoms with van der Waals surface area (Å²) in [7, 11) is 0. The average molecular weight is 362 g/mol. The van der Waals surface area contributed by atoms with Gasteiger partial charge in [-0.1, -0.05) is 0 Å². The van der Waals surface area contributed by atoms with Crippen molar-refractivity contribution in [1.82, 2.24) is 0 Å². The Hall–Kier alpha value is -3.56. The molecule has 0 aliphatic carbocycles. The van der Waals surface area contributed by atoms with Gasteiger partial charge in [-0.05, 0) is 19.9 Å². The molecule has 1 aromatic rings. The van der Waals surface area contributed by atoms with Crippen LogP contribution < -0.4 is 5.32 Å². The van der Waals surface area contributed by atoms with Gasteiger partial charge in [0.1, 0.15) is 5.57 Å². The molecule has 10 heteroatoms. The van der Waals surface area contributed by atoms with Crippen LogP contribution in [0.15, 0.2) is 23.8 Å². The maximum atomic E-state index is 12.4. The van der Waals surface area contributed by atoms with Crippen molar-refractivity contribution in [2.24, 2.45) is 0 Å². The van der Waals surface area contributed by atoms with Crippen molar-refractivity contribution >= 4 is 40.6 Å². The first-order valence-electron chi connectivity index (χ1n) is 7.54. The van der Waals surface area contributed by atoms with Crippen molar-refractivity contribution in [2.45, 2.75) is 13.8 Å². The molecule has 1 heterocycles. The molecule has 0 aromatic heterocycles. The van der Waals surface area contributed by atoms with Crippen LogP contribution in [0.5, 0.6) is 0 Å². The number of Topliss-reactive ketones (excluding diaryl/α,β-unsaturated/α-hetero) is 1. The molecule has 0 radical (unpaired) electrons. The van der Waals surface area contributed by atoms with Gasteiger partial charge in [0.05, 0.1) is 23.7 Å². The minimum absolute atomic E-state index is 0.0510. The van der Waals surface area contributed by atoms with E-state index in [2.05, 4.69) is 10.1 Å². The number of carbonyl (C=O) groups is 4. The zero-order valence-electron chi connectivity index (χ0n) is 13.9. The van der Waals surface area contributed by atoms with Gasteiger partial charge in [-0.2, -0.15) is 0 Å². The Morgan fingerprint density at radius 1 is 1.12 bits per heavy atom. The number of non-ortho nitro benzene ring substituents is 1. The molecular formula is C16H14N2O8. The number of fused-ring (bicyclic) bond motifs is 1. The van der Waals surface area contributed by atoms with Gasteiger partial charge >= 0.3 is 11.9 Å². The number of amides is 1. The lowest BCUT2D eigenvalue weighted by Crippen LogP contribution is -2.27. The Kier molecular flexibility index (Phi) is 5.45. The number of esters is 2. The van der Waals surface area contributed by atoms with Crippen molar-refractivity contribution in [2.75, 3.05) is 18.5 Å². The first kappa shape index (κ1) is 18.8. The second kappa shape index (κ2) is 7.55. The molecular weight excluding hydrogens is 348 g/mol. The highest BCUT2D eigenvalue weighted by molar-refractivity contribution is 6.53. The first-order chi connectivity index (χ1) is 12.3. The fraction of sp³-hybridized carbons (Fsp3) is 0.250. The van der Waals surface area contributed by atoms with Gasteiger partial charge in [0.15, 0.2) is 0 Å². The van der Waals surface area contributed by atoms with E-state index in [9.17, 15) is 29.3 Å². The molecule has 26 heavy (non-hydrogen) atoms. The minimum Gasteiger partial charge on any atom is -0.462 e. The second-order valence-electron chi connectivity index (χ2n) is 4.96. The highest BCUT2D eigenvalue weighted by Crippen LogP contribution is 2.37. The number of ketones is 1. The molecule has 1 aromatic carbocycles. The molecule has 1 aliphatic rings. The van der Waals surface area contributed by atoms with E-state index in [-0.39, 0.29) is 30.2 Å². The van der Waals surface area contributed by atoms with Gasteiger partial charge in [-0.25, -0.2) is 9.59 Å². The highest BCUT2D eigenvalue weighted by atomic mass is 16.6. The monoisotopic (exact) mass is 362 g/mol. The first-order valence-corrected chi connectivity index (χ1v) is 7.54. The Bertz CT molecular complexity index is 856. The molecule has 0 atom stereocenters. The van der Waals surface area contributed by atoms with Gasteiger partial charge in [0.25, 0.3) is 17.4 Å². The average Bonchev–Trinajstić information content (AvgIpc) is 2.91. The Labute approximate surface area is 146 Å². The van der Waals surface area contributed by atoms with E-state index in [0.717, 1.165) is 12.1 Å². The van der Waals surface area contributed by atoms with Crippen LogP contribution in [0, 0.1) is 10.1 Å². The number of anilines is 1. The standard InChI is InChI=1S/C16H14N2O8/c1-3-25-15(21)12(13(19)16(22)26-4-2)11-9-7-8(18(23)24)5-6-10(9)17-14(11)20/h5-7H,3-4H2,1-2H3,(H,17,20)/b12-11+. The van der Waals surface area contributed by atoms with E-state index in [1.807, 2.05) is 0 Å². The topological polar surface area (TPSA) is 142 Å². The van der Waals surface area contributed by atoms with E-state index < -0.39 is 39.7 Å². The minimum atomic E-state index is -1.37. The SMILES string of the molecule is CCOC(=O)C(=O)/C(C(=O)OCC)=C1\C(=O)Nc2ccc([N+](=O)[O-])cc21. The van der Waals surface area contributed by atoms with Gasteiger partial charge in [-0.15, -0.1) is 0 Å². The van der Waals surface area contributed by atoms with E-state index >= 15 is 0 Å². The summed E-state index contributed by atoms with van der Waals surface area (Å²) in [6, 6.07) is 3.44. The van der Waals surface area contributed by atoms with Gasteiger partial charge in [0.2, 0.25) is 0 Å². The smallest absolute Gasteiger partial charge is 0.379 e. The van der Waals surface area contributed by atoms with Crippen LogP contribution in [0.25, 0.3) is 5.57 Å². The van der Waals surface area contributed by atoms with Crippen molar-refractivity contribution in [3.05, 3.63) is 39.4 Å². The molecule has 0 bridgehead atoms. The number of nitro benzene ring substituents is 1. The van der Waals surface area contributed by atoms with Crippen LogP contribution in [0.4, 0.5) is 11.4 Å². The lowest BCUT2D eigenvalue weighted by molar-refractivity contribution is -0.384. The number of carbonyl (C=O) groups excluding carboxylic acids is 4. The number of hydrogen-bond acceptors (Lipinski definition) is 8. The number of nitrogens with zero attached hydrogens (tertiary/aromatic N) is 1. The molecule has 1 N–H and O–H groups in total. The molecule has 1 aliphatic heterocycles. The molecule has 0 spiro atoms. The number of rotatable bonds is 6.